The maximum atomic E-state index is 14.1. The Morgan fingerprint density at radius 1 is 0.814 bits per heavy atom. The molecule has 0 saturated heterocycles. The van der Waals surface area contributed by atoms with Crippen LogP contribution in [-0.2, 0) is 0 Å². The molecule has 0 radical (unpaired) electrons. The summed E-state index contributed by atoms with van der Waals surface area (Å²) in [5.74, 6) is -0.497. The summed E-state index contributed by atoms with van der Waals surface area (Å²) in [5.41, 5.74) is 4.30. The molecule has 1 N–H and O–H groups in total. The number of hydrogen-bond acceptors (Lipinski definition) is 5. The summed E-state index contributed by atoms with van der Waals surface area (Å²) >= 11 is 0. The molecule has 0 fully saturated rings. The lowest BCUT2D eigenvalue weighted by Gasteiger charge is -2.22. The lowest BCUT2D eigenvalue weighted by atomic mass is 10.00. The second-order valence-corrected chi connectivity index (χ2v) is 10.4. The van der Waals surface area contributed by atoms with E-state index in [-0.39, 0.29) is 36.9 Å². The second-order valence-electron chi connectivity index (χ2n) is 10.4. The van der Waals surface area contributed by atoms with Gasteiger partial charge in [-0.2, -0.15) is 0 Å². The first-order valence-electron chi connectivity index (χ1n) is 14.5. The molecular weight excluding hydrogens is 538 g/mol. The van der Waals surface area contributed by atoms with Crippen molar-refractivity contribution >= 4 is 28.6 Å². The van der Waals surface area contributed by atoms with Gasteiger partial charge in [0.05, 0.1) is 34.9 Å². The van der Waals surface area contributed by atoms with Crippen LogP contribution in [0, 0.1) is 0 Å². The predicted octanol–water partition coefficient (Wildman–Crippen LogP) is 6.85. The molecule has 1 aliphatic heterocycles. The van der Waals surface area contributed by atoms with Crippen LogP contribution in [0.15, 0.2) is 109 Å². The largest absolute Gasteiger partial charge is 0.490 e. The number of amides is 3. The van der Waals surface area contributed by atoms with Crippen molar-refractivity contribution in [2.75, 3.05) is 13.2 Å². The van der Waals surface area contributed by atoms with Crippen LogP contribution in [-0.4, -0.2) is 40.8 Å². The van der Waals surface area contributed by atoms with Gasteiger partial charge in [-0.25, -0.2) is 4.98 Å². The average Bonchev–Trinajstić information content (AvgIpc) is 3.30. The third kappa shape index (κ3) is 5.49. The molecule has 1 aromatic heterocycles. The highest BCUT2D eigenvalue weighted by Gasteiger charge is 2.34. The number of fused-ring (bicyclic) bond motifs is 2. The van der Waals surface area contributed by atoms with Crippen molar-refractivity contribution in [1.82, 2.24) is 15.2 Å². The summed E-state index contributed by atoms with van der Waals surface area (Å²) in [5, 5.41) is 3.90. The van der Waals surface area contributed by atoms with Crippen LogP contribution in [0.5, 0.6) is 5.75 Å². The lowest BCUT2D eigenvalue weighted by molar-refractivity contribution is 0.0646. The lowest BCUT2D eigenvalue weighted by Crippen LogP contribution is -2.31. The van der Waals surface area contributed by atoms with Crippen LogP contribution in [0.4, 0.5) is 0 Å². The number of nitrogens with zero attached hydrogens (tertiary/aromatic N) is 2. The molecule has 7 heteroatoms. The van der Waals surface area contributed by atoms with Crippen molar-refractivity contribution in [2.24, 2.45) is 0 Å². The van der Waals surface area contributed by atoms with E-state index in [1.165, 1.54) is 4.90 Å². The molecule has 214 valence electrons. The summed E-state index contributed by atoms with van der Waals surface area (Å²) in [4.78, 5) is 46.0. The number of hydrogen-bond donors (Lipinski definition) is 1. The molecule has 43 heavy (non-hydrogen) atoms. The minimum Gasteiger partial charge on any atom is -0.490 e. The summed E-state index contributed by atoms with van der Waals surface area (Å²) in [6.45, 7) is 2.40. The van der Waals surface area contributed by atoms with E-state index in [0.29, 0.717) is 51.9 Å². The van der Waals surface area contributed by atoms with Gasteiger partial charge in [-0.05, 0) is 36.6 Å². The molecule has 2 heterocycles. The van der Waals surface area contributed by atoms with Gasteiger partial charge >= 0.3 is 0 Å². The van der Waals surface area contributed by atoms with Crippen LogP contribution in [0.25, 0.3) is 22.2 Å². The SMILES string of the molecule is CC[C@H](NC(=O)c1c(OCCCN2C(=O)c3ccccc3C2=O)c(-c2ccccc2)nc2ccccc12)c1ccccc1. The molecule has 5 aromatic rings. The van der Waals surface area contributed by atoms with Gasteiger partial charge in [0.2, 0.25) is 0 Å². The van der Waals surface area contributed by atoms with E-state index in [2.05, 4.69) is 5.32 Å². The van der Waals surface area contributed by atoms with Gasteiger partial charge in [-0.1, -0.05) is 97.9 Å². The van der Waals surface area contributed by atoms with E-state index in [1.807, 2.05) is 91.9 Å². The molecule has 0 saturated carbocycles. The minimum atomic E-state index is -0.301. The summed E-state index contributed by atoms with van der Waals surface area (Å²) < 4.78 is 6.41. The molecule has 7 nitrogen and oxygen atoms in total. The fraction of sp³-hybridized carbons (Fsp3) is 0.167. The fourth-order valence-corrected chi connectivity index (χ4v) is 5.53. The summed E-state index contributed by atoms with van der Waals surface area (Å²) in [6, 6.07) is 33.7. The molecule has 4 aromatic carbocycles. The average molecular weight is 570 g/mol. The third-order valence-electron chi connectivity index (χ3n) is 7.69. The first kappa shape index (κ1) is 27.8. The highest BCUT2D eigenvalue weighted by atomic mass is 16.5. The van der Waals surface area contributed by atoms with Crippen molar-refractivity contribution in [2.45, 2.75) is 25.8 Å². The summed E-state index contributed by atoms with van der Waals surface area (Å²) in [6.07, 6.45) is 1.09. The van der Waals surface area contributed by atoms with Gasteiger partial charge < -0.3 is 10.1 Å². The number of carbonyl (C=O) groups excluding carboxylic acids is 3. The molecule has 0 aliphatic carbocycles. The zero-order valence-corrected chi connectivity index (χ0v) is 23.8. The number of aromatic nitrogens is 1. The first-order valence-corrected chi connectivity index (χ1v) is 14.5. The van der Waals surface area contributed by atoms with Gasteiger partial charge in [0.15, 0.2) is 5.75 Å². The highest BCUT2D eigenvalue weighted by Crippen LogP contribution is 2.37. The number of imide groups is 1. The molecule has 3 amide bonds. The predicted molar refractivity (Wildman–Crippen MR) is 166 cm³/mol. The van der Waals surface area contributed by atoms with E-state index < -0.39 is 0 Å². The number of rotatable bonds is 10. The van der Waals surface area contributed by atoms with E-state index in [9.17, 15) is 14.4 Å². The van der Waals surface area contributed by atoms with Gasteiger partial charge in [-0.3, -0.25) is 19.3 Å². The Balaban J connectivity index is 1.33. The maximum Gasteiger partial charge on any atom is 0.261 e. The van der Waals surface area contributed by atoms with Crippen LogP contribution in [0.2, 0.25) is 0 Å². The highest BCUT2D eigenvalue weighted by molar-refractivity contribution is 6.21. The van der Waals surface area contributed by atoms with Gasteiger partial charge in [0, 0.05) is 17.5 Å². The quantitative estimate of drug-likeness (QED) is 0.147. The second kappa shape index (κ2) is 12.3. The van der Waals surface area contributed by atoms with E-state index in [0.717, 1.165) is 11.1 Å². The van der Waals surface area contributed by atoms with E-state index in [4.69, 9.17) is 9.72 Å². The Kier molecular flexibility index (Phi) is 7.96. The van der Waals surface area contributed by atoms with Crippen LogP contribution >= 0.6 is 0 Å². The number of para-hydroxylation sites is 1. The topological polar surface area (TPSA) is 88.6 Å². The zero-order valence-electron chi connectivity index (χ0n) is 23.8. The molecule has 1 atom stereocenters. The molecular formula is C36H31N3O4. The minimum absolute atomic E-state index is 0.170. The van der Waals surface area contributed by atoms with Crippen molar-refractivity contribution in [3.05, 3.63) is 131 Å². The standard InChI is InChI=1S/C36H31N3O4/c1-2-29(24-14-5-3-6-15-24)38-34(40)31-28-20-11-12-21-30(28)37-32(25-16-7-4-8-17-25)33(31)43-23-13-22-39-35(41)26-18-9-10-19-27(26)36(39)42/h3-12,14-21,29H,2,13,22-23H2,1H3,(H,38,40)/t29-/m0/s1. The maximum absolute atomic E-state index is 14.1. The number of ether oxygens (including phenoxy) is 1. The Morgan fingerprint density at radius 2 is 1.42 bits per heavy atom. The van der Waals surface area contributed by atoms with Gasteiger partial charge in [0.1, 0.15) is 5.69 Å². The van der Waals surface area contributed by atoms with Crippen LogP contribution in [0.3, 0.4) is 0 Å². The molecule has 1 aliphatic rings. The molecule has 6 rings (SSSR count). The third-order valence-corrected chi connectivity index (χ3v) is 7.69. The van der Waals surface area contributed by atoms with Crippen molar-refractivity contribution in [3.8, 4) is 17.0 Å². The van der Waals surface area contributed by atoms with Crippen LogP contribution in [0.1, 0.15) is 62.4 Å². The number of pyridine rings is 1. The molecule has 0 bridgehead atoms. The smallest absolute Gasteiger partial charge is 0.261 e. The Labute approximate surface area is 250 Å². The molecule has 0 unspecified atom stereocenters. The number of carbonyl (C=O) groups is 3. The van der Waals surface area contributed by atoms with E-state index >= 15 is 0 Å². The van der Waals surface area contributed by atoms with E-state index in [1.54, 1.807) is 24.3 Å². The van der Waals surface area contributed by atoms with Crippen molar-refractivity contribution in [3.63, 3.8) is 0 Å². The van der Waals surface area contributed by atoms with Gasteiger partial charge in [0.25, 0.3) is 17.7 Å². The fourth-order valence-electron chi connectivity index (χ4n) is 5.53. The van der Waals surface area contributed by atoms with Crippen LogP contribution < -0.4 is 10.1 Å². The Hall–Kier alpha value is -5.30. The number of nitrogens with one attached hydrogen (secondary N) is 1. The Bertz CT molecular complexity index is 1770. The Morgan fingerprint density at radius 3 is 2.09 bits per heavy atom. The summed E-state index contributed by atoms with van der Waals surface area (Å²) in [7, 11) is 0. The normalized spacial score (nSPS) is 13.2. The van der Waals surface area contributed by atoms with Gasteiger partial charge in [-0.15, -0.1) is 0 Å². The van der Waals surface area contributed by atoms with Crippen molar-refractivity contribution in [1.29, 1.82) is 0 Å². The van der Waals surface area contributed by atoms with Crippen molar-refractivity contribution < 1.29 is 19.1 Å². The number of benzene rings is 4. The monoisotopic (exact) mass is 569 g/mol. The molecule has 0 spiro atoms. The first-order chi connectivity index (χ1) is 21.1. The zero-order chi connectivity index (χ0) is 29.8.